The molecule has 1 N–H and O–H groups in total. The lowest BCUT2D eigenvalue weighted by Gasteiger charge is -2.15. The molecular formula is C21H21ClFN2O4P. The van der Waals surface area contributed by atoms with E-state index in [0.29, 0.717) is 22.0 Å². The van der Waals surface area contributed by atoms with Gasteiger partial charge in [-0.25, -0.2) is 9.07 Å². The molecule has 3 aromatic rings. The monoisotopic (exact) mass is 450 g/mol. The standard InChI is InChI=1S/C21H21ClFN2O4P/c1-3-28-30(27,29-4-2)21(26)13-20-19(15-5-7-16(22)8-6-15)14-25(24-20)18-11-9-17(23)10-12-18/h5-14,26H,3-4H2,1-2H3/b21-13+. The Kier molecular flexibility index (Phi) is 7.10. The lowest BCUT2D eigenvalue weighted by atomic mass is 10.1. The van der Waals surface area contributed by atoms with Gasteiger partial charge in [0.2, 0.25) is 5.50 Å². The summed E-state index contributed by atoms with van der Waals surface area (Å²) in [4.78, 5) is 0. The van der Waals surface area contributed by atoms with Gasteiger partial charge in [-0.2, -0.15) is 5.10 Å². The molecule has 0 spiro atoms. The topological polar surface area (TPSA) is 73.6 Å². The van der Waals surface area contributed by atoms with Crippen LogP contribution in [0.2, 0.25) is 5.02 Å². The van der Waals surface area contributed by atoms with E-state index in [2.05, 4.69) is 5.10 Å². The Morgan fingerprint density at radius 3 is 2.30 bits per heavy atom. The second-order valence-corrected chi connectivity index (χ2v) is 8.60. The van der Waals surface area contributed by atoms with E-state index < -0.39 is 13.1 Å². The summed E-state index contributed by atoms with van der Waals surface area (Å²) in [5.74, 6) is -0.365. The largest absolute Gasteiger partial charge is 0.501 e. The number of benzene rings is 2. The minimum Gasteiger partial charge on any atom is -0.501 e. The molecule has 0 unspecified atom stereocenters. The van der Waals surface area contributed by atoms with Gasteiger partial charge in [0.1, 0.15) is 5.82 Å². The van der Waals surface area contributed by atoms with Crippen molar-refractivity contribution in [3.63, 3.8) is 0 Å². The molecule has 30 heavy (non-hydrogen) atoms. The number of aromatic nitrogens is 2. The summed E-state index contributed by atoms with van der Waals surface area (Å²) in [6.07, 6.45) is 2.98. The Morgan fingerprint density at radius 1 is 1.13 bits per heavy atom. The van der Waals surface area contributed by atoms with Crippen LogP contribution in [-0.2, 0) is 13.6 Å². The Morgan fingerprint density at radius 2 is 1.73 bits per heavy atom. The van der Waals surface area contributed by atoms with Gasteiger partial charge in [0.05, 0.1) is 24.6 Å². The van der Waals surface area contributed by atoms with Gasteiger partial charge in [0, 0.05) is 22.9 Å². The molecular weight excluding hydrogens is 430 g/mol. The molecule has 0 saturated heterocycles. The number of rotatable bonds is 8. The molecule has 9 heteroatoms. The fourth-order valence-electron chi connectivity index (χ4n) is 2.78. The molecule has 0 aliphatic carbocycles. The fraction of sp³-hybridized carbons (Fsp3) is 0.190. The third-order valence-electron chi connectivity index (χ3n) is 4.13. The maximum absolute atomic E-state index is 13.3. The zero-order valence-corrected chi connectivity index (χ0v) is 18.1. The van der Waals surface area contributed by atoms with E-state index in [9.17, 15) is 14.1 Å². The first kappa shape index (κ1) is 22.2. The first-order valence-corrected chi connectivity index (χ1v) is 11.2. The molecule has 0 bridgehead atoms. The molecule has 6 nitrogen and oxygen atoms in total. The van der Waals surface area contributed by atoms with Crippen molar-refractivity contribution in [2.45, 2.75) is 13.8 Å². The normalized spacial score (nSPS) is 12.3. The molecule has 0 amide bonds. The Hall–Kier alpha value is -2.44. The molecule has 1 heterocycles. The molecule has 1 aromatic heterocycles. The zero-order chi connectivity index (χ0) is 21.7. The Bertz CT molecular complexity index is 1070. The van der Waals surface area contributed by atoms with Gasteiger partial charge in [-0.05, 0) is 55.8 Å². The summed E-state index contributed by atoms with van der Waals surface area (Å²) in [5.41, 5.74) is 1.81. The van der Waals surface area contributed by atoms with Crippen LogP contribution in [0.5, 0.6) is 0 Å². The summed E-state index contributed by atoms with van der Waals surface area (Å²) in [6.45, 7) is 3.51. The van der Waals surface area contributed by atoms with Crippen LogP contribution >= 0.6 is 19.2 Å². The van der Waals surface area contributed by atoms with Gasteiger partial charge in [0.25, 0.3) is 0 Å². The van der Waals surface area contributed by atoms with Gasteiger partial charge < -0.3 is 14.2 Å². The van der Waals surface area contributed by atoms with Crippen LogP contribution in [0.1, 0.15) is 19.5 Å². The summed E-state index contributed by atoms with van der Waals surface area (Å²) in [5, 5.41) is 15.6. The summed E-state index contributed by atoms with van der Waals surface area (Å²) in [7, 11) is -3.87. The van der Waals surface area contributed by atoms with Gasteiger partial charge >= 0.3 is 7.60 Å². The molecule has 0 radical (unpaired) electrons. The highest BCUT2D eigenvalue weighted by Gasteiger charge is 2.30. The van der Waals surface area contributed by atoms with Crippen molar-refractivity contribution in [2.24, 2.45) is 0 Å². The number of hydrogen-bond acceptors (Lipinski definition) is 5. The minimum absolute atomic E-state index is 0.100. The number of aliphatic hydroxyl groups excluding tert-OH is 1. The fourth-order valence-corrected chi connectivity index (χ4v) is 4.21. The molecule has 0 aliphatic rings. The van der Waals surface area contributed by atoms with E-state index in [0.717, 1.165) is 5.56 Å². The van der Waals surface area contributed by atoms with Crippen molar-refractivity contribution in [3.8, 4) is 16.8 Å². The Balaban J connectivity index is 2.12. The zero-order valence-electron chi connectivity index (χ0n) is 16.5. The van der Waals surface area contributed by atoms with Crippen LogP contribution < -0.4 is 0 Å². The second kappa shape index (κ2) is 9.58. The van der Waals surface area contributed by atoms with Crippen molar-refractivity contribution in [1.82, 2.24) is 9.78 Å². The predicted molar refractivity (Wildman–Crippen MR) is 115 cm³/mol. The maximum Gasteiger partial charge on any atom is 0.395 e. The second-order valence-electron chi connectivity index (χ2n) is 6.19. The average molecular weight is 451 g/mol. The van der Waals surface area contributed by atoms with Crippen LogP contribution in [0.15, 0.2) is 60.2 Å². The smallest absolute Gasteiger partial charge is 0.395 e. The third-order valence-corrected chi connectivity index (χ3v) is 6.27. The van der Waals surface area contributed by atoms with E-state index in [-0.39, 0.29) is 19.0 Å². The van der Waals surface area contributed by atoms with Crippen molar-refractivity contribution >= 4 is 25.3 Å². The molecule has 0 saturated carbocycles. The van der Waals surface area contributed by atoms with Crippen LogP contribution in [0.3, 0.4) is 0 Å². The van der Waals surface area contributed by atoms with Crippen LogP contribution in [-0.4, -0.2) is 28.1 Å². The molecule has 0 fully saturated rings. The van der Waals surface area contributed by atoms with Crippen molar-refractivity contribution < 1.29 is 23.1 Å². The van der Waals surface area contributed by atoms with E-state index in [1.807, 2.05) is 0 Å². The first-order chi connectivity index (χ1) is 14.4. The van der Waals surface area contributed by atoms with Crippen molar-refractivity contribution in [2.75, 3.05) is 13.2 Å². The van der Waals surface area contributed by atoms with Crippen LogP contribution in [0.4, 0.5) is 4.39 Å². The van der Waals surface area contributed by atoms with E-state index in [1.54, 1.807) is 56.4 Å². The van der Waals surface area contributed by atoms with Crippen molar-refractivity contribution in [3.05, 3.63) is 76.8 Å². The van der Waals surface area contributed by atoms with Crippen molar-refractivity contribution in [1.29, 1.82) is 0 Å². The number of aliphatic hydroxyl groups is 1. The average Bonchev–Trinajstić information content (AvgIpc) is 3.13. The number of halogens is 2. The summed E-state index contributed by atoms with van der Waals surface area (Å²) < 4.78 is 38.1. The summed E-state index contributed by atoms with van der Waals surface area (Å²) >= 11 is 5.99. The SMILES string of the molecule is CCOP(=O)(OCC)/C(O)=C/c1nn(-c2ccc(F)cc2)cc1-c1ccc(Cl)cc1. The van der Waals surface area contributed by atoms with Crippen LogP contribution in [0, 0.1) is 5.82 Å². The summed E-state index contributed by atoms with van der Waals surface area (Å²) in [6, 6.07) is 12.9. The lowest BCUT2D eigenvalue weighted by Crippen LogP contribution is -1.99. The molecule has 158 valence electrons. The first-order valence-electron chi connectivity index (χ1n) is 9.28. The Labute approximate surface area is 179 Å². The number of hydrogen-bond donors (Lipinski definition) is 1. The van der Waals surface area contributed by atoms with Crippen LogP contribution in [0.25, 0.3) is 22.9 Å². The quantitative estimate of drug-likeness (QED) is 0.315. The predicted octanol–water partition coefficient (Wildman–Crippen LogP) is 6.45. The van der Waals surface area contributed by atoms with E-state index in [1.165, 1.54) is 22.9 Å². The molecule has 3 rings (SSSR count). The number of nitrogens with zero attached hydrogens (tertiary/aromatic N) is 2. The lowest BCUT2D eigenvalue weighted by molar-refractivity contribution is 0.212. The van der Waals surface area contributed by atoms with Gasteiger partial charge in [-0.3, -0.25) is 4.57 Å². The van der Waals surface area contributed by atoms with Gasteiger partial charge in [-0.1, -0.05) is 23.7 Å². The third kappa shape index (κ3) is 4.99. The molecule has 0 atom stereocenters. The van der Waals surface area contributed by atoms with E-state index >= 15 is 0 Å². The van der Waals surface area contributed by atoms with E-state index in [4.69, 9.17) is 20.6 Å². The van der Waals surface area contributed by atoms with Gasteiger partial charge in [-0.15, -0.1) is 0 Å². The highest BCUT2D eigenvalue weighted by Crippen LogP contribution is 2.55. The molecule has 0 aliphatic heterocycles. The highest BCUT2D eigenvalue weighted by atomic mass is 35.5. The van der Waals surface area contributed by atoms with Gasteiger partial charge in [0.15, 0.2) is 0 Å². The molecule has 2 aromatic carbocycles. The minimum atomic E-state index is -3.87. The maximum atomic E-state index is 13.3. The highest BCUT2D eigenvalue weighted by molar-refractivity contribution is 7.58.